The van der Waals surface area contributed by atoms with E-state index in [-0.39, 0.29) is 41.8 Å². The van der Waals surface area contributed by atoms with Gasteiger partial charge in [0.25, 0.3) is 0 Å². The number of benzene rings is 7. The van der Waals surface area contributed by atoms with Crippen LogP contribution in [0.1, 0.15) is 270 Å². The van der Waals surface area contributed by atoms with Gasteiger partial charge in [-0.1, -0.05) is 279 Å². The minimum absolute atomic E-state index is 0.195. The van der Waals surface area contributed by atoms with Gasteiger partial charge in [0.15, 0.2) is 0 Å². The molecule has 0 atom stereocenters. The highest BCUT2D eigenvalue weighted by atomic mass is 16.6. The van der Waals surface area contributed by atoms with Crippen LogP contribution in [0.5, 0.6) is 0 Å². The SMILES string of the molecule is CC.CC.CC.CC(C)(C)C.CC(C)C.CCC.CCCC.CCCCC.C[N+](C)(C)CCOC(=O)c1ccccc1.C[N+](C)(C)CCOC(=O)c1ccccc1.C[N+](C)(C)CCOC(=O)c1ccccc1.C[N+](C)(C)CCOC(=O)c1ccccc1.C[N+](C)(C)CCOC(=O)c1ccccc1.C[N+](C)(C)CCOC(=O)c1ccccc1.Cc1c(C)c(C)c(C(=O)OCC[N+](C)(C)C)c(C)c1C. The van der Waals surface area contributed by atoms with E-state index in [9.17, 15) is 33.6 Å². The van der Waals surface area contributed by atoms with E-state index >= 15 is 0 Å². The number of carbonyl (C=O) groups excluding carboxylic acids is 7. The zero-order chi connectivity index (χ0) is 108. The summed E-state index contributed by atoms with van der Waals surface area (Å²) in [5, 5.41) is 0. The maximum absolute atomic E-state index is 12.4. The lowest BCUT2D eigenvalue weighted by molar-refractivity contribution is -0.870. The van der Waals surface area contributed by atoms with Gasteiger partial charge in [-0.2, -0.15) is 0 Å². The van der Waals surface area contributed by atoms with Gasteiger partial charge in [-0.05, 0) is 147 Å². The van der Waals surface area contributed by atoms with E-state index in [2.05, 4.69) is 259 Å². The third kappa shape index (κ3) is 96.6. The molecule has 0 spiro atoms. The molecule has 7 rings (SSSR count). The molecule has 0 bridgehead atoms. The third-order valence-corrected chi connectivity index (χ3v) is 17.4. The largest absolute Gasteiger partial charge is 0.456 e. The van der Waals surface area contributed by atoms with Crippen molar-refractivity contribution in [1.29, 1.82) is 0 Å². The summed E-state index contributed by atoms with van der Waals surface area (Å²) in [4.78, 5) is 81.4. The van der Waals surface area contributed by atoms with Gasteiger partial charge >= 0.3 is 41.8 Å². The summed E-state index contributed by atoms with van der Waals surface area (Å²) in [7, 11) is 43.4. The van der Waals surface area contributed by atoms with Crippen LogP contribution in [-0.2, 0) is 33.2 Å². The van der Waals surface area contributed by atoms with Crippen LogP contribution < -0.4 is 0 Å². The lowest BCUT2D eigenvalue weighted by Gasteiger charge is -2.24. The molecule has 21 nitrogen and oxygen atoms in total. The van der Waals surface area contributed by atoms with Crippen molar-refractivity contribution in [2.24, 2.45) is 11.3 Å². The zero-order valence-electron chi connectivity index (χ0n) is 95.9. The van der Waals surface area contributed by atoms with Crippen LogP contribution >= 0.6 is 0 Å². The van der Waals surface area contributed by atoms with Gasteiger partial charge in [-0.3, -0.25) is 0 Å². The molecule has 137 heavy (non-hydrogen) atoms. The van der Waals surface area contributed by atoms with E-state index in [1.165, 1.54) is 55.2 Å². The summed E-state index contributed by atoms with van der Waals surface area (Å²) in [5.74, 6) is -0.839. The number of hydrogen-bond donors (Lipinski definition) is 0. The second kappa shape index (κ2) is 82.4. The van der Waals surface area contributed by atoms with Crippen LogP contribution in [0.25, 0.3) is 0 Å². The molecule has 7 aromatic rings. The van der Waals surface area contributed by atoms with Gasteiger partial charge in [0, 0.05) is 0 Å². The van der Waals surface area contributed by atoms with Crippen molar-refractivity contribution in [2.75, 3.05) is 240 Å². The minimum Gasteiger partial charge on any atom is -0.456 e. The summed E-state index contributed by atoms with van der Waals surface area (Å²) in [6.45, 7) is 59.4. The fourth-order valence-electron chi connectivity index (χ4n) is 9.06. The van der Waals surface area contributed by atoms with Crippen LogP contribution in [-0.4, -0.2) is 313 Å². The summed E-state index contributed by atoms with van der Waals surface area (Å²) in [6, 6.07) is 54.3. The molecule has 0 fully saturated rings. The molecule has 0 N–H and O–H groups in total. The topological polar surface area (TPSA) is 184 Å². The first kappa shape index (κ1) is 143. The Morgan fingerprint density at radius 1 is 0.234 bits per heavy atom. The number of likely N-dealkylation sites (N-methyl/N-ethyl adjacent to an activating group) is 7. The molecular formula is C116H206N7O14+7. The molecular weight excluding hydrogens is 1720 g/mol. The molecule has 0 aliphatic heterocycles. The molecule has 7 aromatic carbocycles. The molecule has 0 amide bonds. The van der Waals surface area contributed by atoms with Crippen LogP contribution in [0, 0.1) is 46.0 Å². The first-order chi connectivity index (χ1) is 63.5. The highest BCUT2D eigenvalue weighted by Crippen LogP contribution is 2.27. The van der Waals surface area contributed by atoms with Crippen LogP contribution in [0.15, 0.2) is 182 Å². The van der Waals surface area contributed by atoms with Gasteiger partial charge in [-0.15, -0.1) is 0 Å². The zero-order valence-corrected chi connectivity index (χ0v) is 95.9. The Bertz CT molecular complexity index is 3530. The van der Waals surface area contributed by atoms with Crippen molar-refractivity contribution in [1.82, 2.24) is 0 Å². The molecule has 0 aromatic heterocycles. The first-order valence-electron chi connectivity index (χ1n) is 49.7. The number of hydrogen-bond acceptors (Lipinski definition) is 14. The Morgan fingerprint density at radius 2 is 0.350 bits per heavy atom. The number of nitrogens with zero attached hydrogens (tertiary/aromatic N) is 7. The van der Waals surface area contributed by atoms with Gasteiger partial charge in [0.2, 0.25) is 0 Å². The normalized spacial score (nSPS) is 10.5. The number of ether oxygens (including phenoxy) is 7. The van der Waals surface area contributed by atoms with Crippen molar-refractivity contribution in [3.8, 4) is 0 Å². The lowest BCUT2D eigenvalue weighted by atomic mass is 9.90. The minimum atomic E-state index is -0.246. The summed E-state index contributed by atoms with van der Waals surface area (Å²) < 4.78 is 41.9. The molecule has 0 heterocycles. The van der Waals surface area contributed by atoms with Gasteiger partial charge in [0.1, 0.15) is 92.1 Å². The van der Waals surface area contributed by atoms with E-state index in [0.29, 0.717) is 85.0 Å². The van der Waals surface area contributed by atoms with E-state index < -0.39 is 0 Å². The van der Waals surface area contributed by atoms with Crippen LogP contribution in [0.3, 0.4) is 0 Å². The van der Waals surface area contributed by atoms with Gasteiger partial charge in [-0.25, -0.2) is 33.6 Å². The summed E-state index contributed by atoms with van der Waals surface area (Å²) >= 11 is 0. The Kier molecular flexibility index (Phi) is 86.0. The predicted molar refractivity (Wildman–Crippen MR) is 582 cm³/mol. The summed E-state index contributed by atoms with van der Waals surface area (Å²) in [6.07, 6.45) is 7.97. The molecule has 0 saturated heterocycles. The predicted octanol–water partition coefficient (Wildman–Crippen LogP) is 24.6. The van der Waals surface area contributed by atoms with Crippen molar-refractivity contribution >= 4 is 41.8 Å². The second-order valence-electron chi connectivity index (χ2n) is 41.5. The molecule has 0 unspecified atom stereocenters. The fraction of sp³-hybridized carbons (Fsp3) is 0.578. The van der Waals surface area contributed by atoms with Crippen molar-refractivity contribution in [3.63, 3.8) is 0 Å². The van der Waals surface area contributed by atoms with E-state index in [1.807, 2.05) is 165 Å². The number of quaternary nitrogens is 7. The Balaban J connectivity index is -0.000000226. The number of unbranched alkanes of at least 4 members (excludes halogenated alkanes) is 3. The molecule has 0 radical (unpaired) electrons. The van der Waals surface area contributed by atoms with E-state index in [1.54, 1.807) is 72.8 Å². The van der Waals surface area contributed by atoms with Crippen molar-refractivity contribution in [2.45, 2.75) is 205 Å². The average Bonchev–Trinajstić information content (AvgIpc) is 0.787. The fourth-order valence-corrected chi connectivity index (χ4v) is 9.06. The molecule has 0 saturated carbocycles. The molecule has 0 aliphatic carbocycles. The van der Waals surface area contributed by atoms with Crippen molar-refractivity contribution < 1.29 is 98.1 Å². The van der Waals surface area contributed by atoms with Crippen LogP contribution in [0.4, 0.5) is 0 Å². The summed E-state index contributed by atoms with van der Waals surface area (Å²) in [5.41, 5.74) is 10.6. The third-order valence-electron chi connectivity index (χ3n) is 17.4. The number of carbonyl (C=O) groups is 7. The smallest absolute Gasteiger partial charge is 0.338 e. The maximum atomic E-state index is 12.4. The monoisotopic (exact) mass is 1920 g/mol. The standard InChI is InChI=1S/C17H28NO2.6C12H18NO2.2C5H12.2C4H10.C3H8.3C2H6/c1-11-12(2)14(4)16(15(5)13(11)3)17(19)20-10-9-18(6,7)8;6*1-13(2,3)9-10-15-12(14)11-7-5-4-6-8-11;1-5(2,3)4;1-3-5-4-2;1-4(2)3;1-3-4-2;1-3-2;3*1-2/h9-10H2,1-8H3;6*4-8H,9-10H2,1-3H3;1-4H3;3-5H2,1-2H3;4H,1-3H3;3-4H2,1-2H3;3H2,1-2H3;3*1-2H3/q7*+1;;;;;;;;. The van der Waals surface area contributed by atoms with Gasteiger partial charge in [0.05, 0.1) is 187 Å². The molecule has 0 aliphatic rings. The number of rotatable bonds is 31. The van der Waals surface area contributed by atoms with Crippen LogP contribution in [0.2, 0.25) is 0 Å². The lowest BCUT2D eigenvalue weighted by Crippen LogP contribution is -2.38. The van der Waals surface area contributed by atoms with E-state index in [0.717, 1.165) is 99.8 Å². The van der Waals surface area contributed by atoms with Gasteiger partial charge < -0.3 is 64.5 Å². The Labute approximate surface area is 840 Å². The Morgan fingerprint density at radius 3 is 0.453 bits per heavy atom. The highest BCUT2D eigenvalue weighted by molar-refractivity contribution is 5.94. The quantitative estimate of drug-likeness (QED) is 0.0227. The first-order valence-corrected chi connectivity index (χ1v) is 49.7. The highest BCUT2D eigenvalue weighted by Gasteiger charge is 2.22. The molecule has 782 valence electrons. The average molecular weight is 1920 g/mol. The van der Waals surface area contributed by atoms with Crippen molar-refractivity contribution in [3.05, 3.63) is 249 Å². The maximum Gasteiger partial charge on any atom is 0.338 e. The second-order valence-corrected chi connectivity index (χ2v) is 41.5. The molecule has 21 heteroatoms. The Hall–Kier alpha value is -9.45. The number of esters is 7. The van der Waals surface area contributed by atoms with E-state index in [4.69, 9.17) is 33.2 Å².